The monoisotopic (exact) mass is 579 g/mol. The zero-order valence-corrected chi connectivity index (χ0v) is 23.7. The minimum Gasteiger partial charge on any atom is -0.456 e. The van der Waals surface area contributed by atoms with Crippen LogP contribution in [0.2, 0.25) is 0 Å². The molecule has 4 aromatic heterocycles. The lowest BCUT2D eigenvalue weighted by atomic mass is 10.0. The van der Waals surface area contributed by atoms with Gasteiger partial charge in [-0.3, -0.25) is 0 Å². The van der Waals surface area contributed by atoms with Crippen LogP contribution in [0, 0.1) is 0 Å². The number of hydrogen-bond acceptors (Lipinski definition) is 6. The van der Waals surface area contributed by atoms with Gasteiger partial charge in [0.05, 0.1) is 0 Å². The number of nitrogens with zero attached hydrogens (tertiary/aromatic N) is 3. The van der Waals surface area contributed by atoms with Gasteiger partial charge in [0.25, 0.3) is 0 Å². The number of rotatable bonds is 3. The third-order valence-corrected chi connectivity index (χ3v) is 8.55. The summed E-state index contributed by atoms with van der Waals surface area (Å²) in [5.74, 6) is 1.65. The number of aromatic nitrogens is 3. The highest BCUT2D eigenvalue weighted by atomic mass is 16.3. The van der Waals surface area contributed by atoms with Crippen LogP contribution < -0.4 is 0 Å². The van der Waals surface area contributed by atoms with E-state index in [-0.39, 0.29) is 0 Å². The van der Waals surface area contributed by atoms with E-state index in [4.69, 9.17) is 28.2 Å². The maximum Gasteiger partial charge on any atom is 0.164 e. The van der Waals surface area contributed by atoms with Gasteiger partial charge in [0, 0.05) is 49.0 Å². The molecule has 45 heavy (non-hydrogen) atoms. The van der Waals surface area contributed by atoms with Crippen molar-refractivity contribution >= 4 is 65.8 Å². The number of para-hydroxylation sites is 3. The van der Waals surface area contributed by atoms with Crippen LogP contribution in [-0.4, -0.2) is 15.0 Å². The molecule has 0 aliphatic carbocycles. The predicted octanol–water partition coefficient (Wildman–Crippen LogP) is 10.6. The average molecular weight is 580 g/mol. The van der Waals surface area contributed by atoms with E-state index >= 15 is 0 Å². The van der Waals surface area contributed by atoms with Crippen molar-refractivity contribution in [1.82, 2.24) is 15.0 Å². The summed E-state index contributed by atoms with van der Waals surface area (Å²) in [4.78, 5) is 15.2. The molecule has 0 aliphatic heterocycles. The molecular weight excluding hydrogens is 558 g/mol. The number of hydrogen-bond donors (Lipinski definition) is 0. The SMILES string of the molecule is c1ccc2c(c1)oc1cc(-c3nc(-c4ccc5c(c4)oc4ccccc45)nc(-c4cccc5oc6ccccc6c45)n3)ccc12. The summed E-state index contributed by atoms with van der Waals surface area (Å²) in [6, 6.07) is 42.4. The van der Waals surface area contributed by atoms with Crippen molar-refractivity contribution in [1.29, 1.82) is 0 Å². The Hall–Kier alpha value is -6.27. The Labute approximate surface area is 255 Å². The predicted molar refractivity (Wildman–Crippen MR) is 178 cm³/mol. The van der Waals surface area contributed by atoms with Crippen LogP contribution in [0.15, 0.2) is 141 Å². The Morgan fingerprint density at radius 3 is 1.38 bits per heavy atom. The molecule has 0 N–H and O–H groups in total. The summed E-state index contributed by atoms with van der Waals surface area (Å²) in [6.07, 6.45) is 0. The van der Waals surface area contributed by atoms with Gasteiger partial charge in [-0.05, 0) is 48.5 Å². The Kier molecular flexibility index (Phi) is 4.90. The largest absolute Gasteiger partial charge is 0.456 e. The van der Waals surface area contributed by atoms with E-state index < -0.39 is 0 Å². The zero-order chi connectivity index (χ0) is 29.5. The molecule has 0 bridgehead atoms. The summed E-state index contributed by atoms with van der Waals surface area (Å²) in [6.45, 7) is 0. The lowest BCUT2D eigenvalue weighted by molar-refractivity contribution is 0.668. The van der Waals surface area contributed by atoms with Gasteiger partial charge in [0.1, 0.15) is 33.5 Å². The van der Waals surface area contributed by atoms with Crippen molar-refractivity contribution in [2.24, 2.45) is 0 Å². The molecule has 0 spiro atoms. The third-order valence-electron chi connectivity index (χ3n) is 8.55. The summed E-state index contributed by atoms with van der Waals surface area (Å²) >= 11 is 0. The van der Waals surface area contributed by atoms with Crippen molar-refractivity contribution in [3.05, 3.63) is 127 Å². The fraction of sp³-hybridized carbons (Fsp3) is 0. The van der Waals surface area contributed by atoms with Crippen LogP contribution in [-0.2, 0) is 0 Å². The second-order valence-electron chi connectivity index (χ2n) is 11.2. The molecule has 10 rings (SSSR count). The van der Waals surface area contributed by atoms with Gasteiger partial charge in [-0.25, -0.2) is 15.0 Å². The Morgan fingerprint density at radius 2 is 0.778 bits per heavy atom. The standard InChI is InChI=1S/C39H21N3O3/c1-4-12-30-24(8-1)26-18-16-22(20-34(26)44-30)37-40-38(23-17-19-27-25-9-2-5-13-31(25)45-35(27)21-23)42-39(41-37)29-11-7-15-33-36(29)28-10-3-6-14-32(28)43-33/h1-21H. The molecular formula is C39H21N3O3. The van der Waals surface area contributed by atoms with Crippen molar-refractivity contribution in [3.63, 3.8) is 0 Å². The molecule has 0 fully saturated rings. The first-order valence-corrected chi connectivity index (χ1v) is 14.8. The molecule has 10 aromatic rings. The quantitative estimate of drug-likeness (QED) is 0.207. The van der Waals surface area contributed by atoms with Crippen molar-refractivity contribution in [3.8, 4) is 34.2 Å². The fourth-order valence-electron chi connectivity index (χ4n) is 6.45. The molecule has 0 saturated carbocycles. The van der Waals surface area contributed by atoms with Gasteiger partial charge in [0.15, 0.2) is 17.5 Å². The minimum absolute atomic E-state index is 0.548. The van der Waals surface area contributed by atoms with E-state index in [1.807, 2.05) is 97.1 Å². The van der Waals surface area contributed by atoms with E-state index in [1.165, 1.54) is 0 Å². The molecule has 0 saturated heterocycles. The number of benzene rings is 6. The second-order valence-corrected chi connectivity index (χ2v) is 11.2. The summed E-state index contributed by atoms with van der Waals surface area (Å²) in [5.41, 5.74) is 7.40. The first-order valence-electron chi connectivity index (χ1n) is 14.8. The smallest absolute Gasteiger partial charge is 0.164 e. The molecule has 6 aromatic carbocycles. The van der Waals surface area contributed by atoms with Gasteiger partial charge in [-0.2, -0.15) is 0 Å². The molecule has 0 unspecified atom stereocenters. The van der Waals surface area contributed by atoms with Crippen molar-refractivity contribution < 1.29 is 13.3 Å². The van der Waals surface area contributed by atoms with Gasteiger partial charge < -0.3 is 13.3 Å². The summed E-state index contributed by atoms with van der Waals surface area (Å²) in [5, 5.41) is 6.24. The van der Waals surface area contributed by atoms with E-state index in [2.05, 4.69) is 30.3 Å². The third kappa shape index (κ3) is 3.66. The Balaban J connectivity index is 1.23. The highest BCUT2D eigenvalue weighted by molar-refractivity contribution is 6.12. The van der Waals surface area contributed by atoms with Gasteiger partial charge in [-0.15, -0.1) is 0 Å². The Morgan fingerprint density at radius 1 is 0.333 bits per heavy atom. The van der Waals surface area contributed by atoms with E-state index in [0.29, 0.717) is 17.5 Å². The van der Waals surface area contributed by atoms with Crippen molar-refractivity contribution in [2.75, 3.05) is 0 Å². The first-order chi connectivity index (χ1) is 22.3. The zero-order valence-electron chi connectivity index (χ0n) is 23.7. The lowest BCUT2D eigenvalue weighted by Gasteiger charge is -2.09. The molecule has 210 valence electrons. The highest BCUT2D eigenvalue weighted by Crippen LogP contribution is 2.38. The van der Waals surface area contributed by atoms with Gasteiger partial charge in [-0.1, -0.05) is 78.9 Å². The normalized spacial score (nSPS) is 12.0. The van der Waals surface area contributed by atoms with Crippen LogP contribution in [0.5, 0.6) is 0 Å². The maximum absolute atomic E-state index is 6.22. The van der Waals surface area contributed by atoms with Crippen LogP contribution in [0.1, 0.15) is 0 Å². The van der Waals surface area contributed by atoms with Crippen LogP contribution in [0.4, 0.5) is 0 Å². The highest BCUT2D eigenvalue weighted by Gasteiger charge is 2.19. The van der Waals surface area contributed by atoms with Crippen molar-refractivity contribution in [2.45, 2.75) is 0 Å². The molecule has 4 heterocycles. The van der Waals surface area contributed by atoms with E-state index in [0.717, 1.165) is 82.5 Å². The van der Waals surface area contributed by atoms with Gasteiger partial charge >= 0.3 is 0 Å². The fourth-order valence-corrected chi connectivity index (χ4v) is 6.45. The molecule has 6 nitrogen and oxygen atoms in total. The second kappa shape index (κ2) is 9.11. The van der Waals surface area contributed by atoms with Crippen LogP contribution in [0.25, 0.3) is 100.0 Å². The van der Waals surface area contributed by atoms with E-state index in [9.17, 15) is 0 Å². The maximum atomic E-state index is 6.22. The minimum atomic E-state index is 0.548. The molecule has 0 radical (unpaired) electrons. The molecule has 0 amide bonds. The number of fused-ring (bicyclic) bond motifs is 9. The molecule has 0 aliphatic rings. The lowest BCUT2D eigenvalue weighted by Crippen LogP contribution is -2.00. The van der Waals surface area contributed by atoms with Crippen LogP contribution >= 0.6 is 0 Å². The van der Waals surface area contributed by atoms with Gasteiger partial charge in [0.2, 0.25) is 0 Å². The molecule has 0 atom stereocenters. The van der Waals surface area contributed by atoms with Crippen LogP contribution in [0.3, 0.4) is 0 Å². The topological polar surface area (TPSA) is 78.1 Å². The summed E-state index contributed by atoms with van der Waals surface area (Å²) in [7, 11) is 0. The summed E-state index contributed by atoms with van der Waals surface area (Å²) < 4.78 is 18.6. The van der Waals surface area contributed by atoms with E-state index in [1.54, 1.807) is 0 Å². The Bertz CT molecular complexity index is 2650. The first kappa shape index (κ1) is 24.2. The molecule has 6 heteroatoms. The average Bonchev–Trinajstić information content (AvgIpc) is 3.78. The number of furan rings is 3.